The summed E-state index contributed by atoms with van der Waals surface area (Å²) in [7, 11) is 2.13. The van der Waals surface area contributed by atoms with Crippen LogP contribution in [0.15, 0.2) is 0 Å². The third-order valence-electron chi connectivity index (χ3n) is 3.27. The maximum Gasteiger partial charge on any atom is 0.0110 e. The number of likely N-dealkylation sites (N-methyl/N-ethyl adjacent to an activating group) is 1. The molecule has 0 atom stereocenters. The molecule has 0 fully saturated rings. The lowest BCUT2D eigenvalue weighted by Gasteiger charge is -2.25. The van der Waals surface area contributed by atoms with E-state index in [1.165, 1.54) is 6.42 Å². The van der Waals surface area contributed by atoms with Crippen molar-refractivity contribution in [2.75, 3.05) is 79.0 Å². The zero-order chi connectivity index (χ0) is 15.1. The maximum absolute atomic E-state index is 5.58. The van der Waals surface area contributed by atoms with Gasteiger partial charge in [-0.05, 0) is 20.0 Å². The van der Waals surface area contributed by atoms with E-state index in [4.69, 9.17) is 11.5 Å². The predicted molar refractivity (Wildman–Crippen MR) is 88.1 cm³/mol. The first kappa shape index (κ1) is 19.8. The number of nitrogens with two attached hydrogens (primary N) is 2. The van der Waals surface area contributed by atoms with Crippen LogP contribution in [0, 0.1) is 0 Å². The van der Waals surface area contributed by atoms with Gasteiger partial charge in [-0.25, -0.2) is 0 Å². The molecule has 0 unspecified atom stereocenters. The molecule has 0 amide bonds. The molecule has 0 bridgehead atoms. The normalized spacial score (nSPS) is 11.7. The Morgan fingerprint density at radius 3 is 1.95 bits per heavy atom. The summed E-state index contributed by atoms with van der Waals surface area (Å²) in [5, 5.41) is 6.82. The van der Waals surface area contributed by atoms with Crippen LogP contribution in [0.3, 0.4) is 0 Å². The van der Waals surface area contributed by atoms with E-state index in [0.29, 0.717) is 6.54 Å². The van der Waals surface area contributed by atoms with Crippen LogP contribution in [0.2, 0.25) is 0 Å². The Labute approximate surface area is 125 Å². The van der Waals surface area contributed by atoms with E-state index < -0.39 is 0 Å². The highest BCUT2D eigenvalue weighted by atomic mass is 15.2. The molecule has 0 heterocycles. The lowest BCUT2D eigenvalue weighted by atomic mass is 10.4. The number of hydrogen-bond acceptors (Lipinski definition) is 6. The van der Waals surface area contributed by atoms with Crippen LogP contribution in [0.1, 0.15) is 13.3 Å². The Morgan fingerprint density at radius 2 is 1.40 bits per heavy atom. The molecule has 6 N–H and O–H groups in total. The molecule has 20 heavy (non-hydrogen) atoms. The highest BCUT2D eigenvalue weighted by molar-refractivity contribution is 4.65. The van der Waals surface area contributed by atoms with Gasteiger partial charge in [0, 0.05) is 65.4 Å². The molecule has 0 aromatic carbocycles. The average Bonchev–Trinajstić information content (AvgIpc) is 2.44. The number of nitrogens with one attached hydrogen (secondary N) is 2. The van der Waals surface area contributed by atoms with Crippen molar-refractivity contribution in [2.24, 2.45) is 11.5 Å². The summed E-state index contributed by atoms with van der Waals surface area (Å²) in [4.78, 5) is 4.79. The fraction of sp³-hybridized carbons (Fsp3) is 1.00. The highest BCUT2D eigenvalue weighted by Gasteiger charge is 2.06. The number of nitrogens with zero attached hydrogens (tertiary/aromatic N) is 2. The molecule has 0 aromatic rings. The minimum Gasteiger partial charge on any atom is -0.329 e. The molecule has 122 valence electrons. The molecule has 0 rings (SSSR count). The number of rotatable bonds is 15. The summed E-state index contributed by atoms with van der Waals surface area (Å²) in [6.07, 6.45) is 1.19. The van der Waals surface area contributed by atoms with Crippen molar-refractivity contribution >= 4 is 0 Å². The quantitative estimate of drug-likeness (QED) is 0.281. The summed E-state index contributed by atoms with van der Waals surface area (Å²) >= 11 is 0. The van der Waals surface area contributed by atoms with Gasteiger partial charge in [0.2, 0.25) is 0 Å². The van der Waals surface area contributed by atoms with Crippen LogP contribution in [-0.4, -0.2) is 88.8 Å². The van der Waals surface area contributed by atoms with Gasteiger partial charge >= 0.3 is 0 Å². The molecule has 0 aliphatic heterocycles. The molecule has 0 aliphatic rings. The van der Waals surface area contributed by atoms with Gasteiger partial charge in [0.05, 0.1) is 0 Å². The van der Waals surface area contributed by atoms with Crippen molar-refractivity contribution in [3.05, 3.63) is 0 Å². The minimum absolute atomic E-state index is 0.706. The van der Waals surface area contributed by atoms with Gasteiger partial charge in [-0.2, -0.15) is 0 Å². The van der Waals surface area contributed by atoms with Crippen molar-refractivity contribution in [3.63, 3.8) is 0 Å². The summed E-state index contributed by atoms with van der Waals surface area (Å²) in [5.74, 6) is 0. The number of hydrogen-bond donors (Lipinski definition) is 4. The van der Waals surface area contributed by atoms with Crippen LogP contribution in [0.5, 0.6) is 0 Å². The van der Waals surface area contributed by atoms with Crippen molar-refractivity contribution in [3.8, 4) is 0 Å². The summed E-state index contributed by atoms with van der Waals surface area (Å²) in [5.41, 5.74) is 11.1. The van der Waals surface area contributed by atoms with Crippen LogP contribution in [0.25, 0.3) is 0 Å². The van der Waals surface area contributed by atoms with E-state index in [0.717, 1.165) is 65.4 Å². The van der Waals surface area contributed by atoms with Gasteiger partial charge in [0.15, 0.2) is 0 Å². The summed E-state index contributed by atoms with van der Waals surface area (Å²) in [6.45, 7) is 13.0. The van der Waals surface area contributed by atoms with Crippen LogP contribution in [-0.2, 0) is 0 Å². The fourth-order valence-electron chi connectivity index (χ4n) is 1.98. The first-order valence-corrected chi connectivity index (χ1v) is 7.97. The van der Waals surface area contributed by atoms with Crippen molar-refractivity contribution in [2.45, 2.75) is 13.3 Å². The van der Waals surface area contributed by atoms with Gasteiger partial charge in [-0.3, -0.25) is 4.90 Å². The van der Waals surface area contributed by atoms with Gasteiger partial charge in [-0.15, -0.1) is 0 Å². The zero-order valence-electron chi connectivity index (χ0n) is 13.5. The highest BCUT2D eigenvalue weighted by Crippen LogP contribution is 1.90. The Morgan fingerprint density at radius 1 is 0.750 bits per heavy atom. The molecular formula is C14H36N6. The second-order valence-corrected chi connectivity index (χ2v) is 5.22. The molecule has 0 saturated heterocycles. The van der Waals surface area contributed by atoms with Gasteiger partial charge < -0.3 is 27.0 Å². The Balaban J connectivity index is 3.84. The Kier molecular flexibility index (Phi) is 15.0. The van der Waals surface area contributed by atoms with Crippen LogP contribution < -0.4 is 22.1 Å². The summed E-state index contributed by atoms with van der Waals surface area (Å²) in [6, 6.07) is 0. The van der Waals surface area contributed by atoms with E-state index in [1.807, 2.05) is 0 Å². The van der Waals surface area contributed by atoms with Crippen LogP contribution in [0.4, 0.5) is 0 Å². The standard InChI is InChI=1S/C14H36N6/c1-3-6-17-8-11-20(12-9-18-7-4-15)14-13-19(2)10-5-16/h17-18H,3-16H2,1-2H3. The smallest absolute Gasteiger partial charge is 0.0110 e. The maximum atomic E-state index is 5.58. The molecule has 0 aliphatic carbocycles. The third-order valence-corrected chi connectivity index (χ3v) is 3.27. The van der Waals surface area contributed by atoms with Crippen molar-refractivity contribution in [1.82, 2.24) is 20.4 Å². The van der Waals surface area contributed by atoms with E-state index in [9.17, 15) is 0 Å². The van der Waals surface area contributed by atoms with Crippen LogP contribution >= 0.6 is 0 Å². The molecule has 0 aromatic heterocycles. The topological polar surface area (TPSA) is 82.6 Å². The van der Waals surface area contributed by atoms with Gasteiger partial charge in [0.25, 0.3) is 0 Å². The molecule has 0 radical (unpaired) electrons. The minimum atomic E-state index is 0.706. The monoisotopic (exact) mass is 288 g/mol. The molecule has 0 spiro atoms. The predicted octanol–water partition coefficient (Wildman–Crippen LogP) is -1.27. The molecule has 0 saturated carbocycles. The van der Waals surface area contributed by atoms with Gasteiger partial charge in [0.1, 0.15) is 0 Å². The van der Waals surface area contributed by atoms with Gasteiger partial charge in [-0.1, -0.05) is 6.92 Å². The molecule has 6 heteroatoms. The Hall–Kier alpha value is -0.240. The van der Waals surface area contributed by atoms with E-state index >= 15 is 0 Å². The zero-order valence-corrected chi connectivity index (χ0v) is 13.5. The molecular weight excluding hydrogens is 252 g/mol. The van der Waals surface area contributed by atoms with E-state index in [1.54, 1.807) is 0 Å². The SMILES string of the molecule is CCCNCCN(CCNCCN)CCN(C)CCN. The first-order valence-electron chi connectivity index (χ1n) is 7.97. The lowest BCUT2D eigenvalue weighted by Crippen LogP contribution is -2.42. The summed E-state index contributed by atoms with van der Waals surface area (Å²) < 4.78 is 0. The first-order chi connectivity index (χ1) is 9.74. The van der Waals surface area contributed by atoms with E-state index in [2.05, 4.69) is 34.4 Å². The average molecular weight is 288 g/mol. The third kappa shape index (κ3) is 12.8. The second kappa shape index (κ2) is 15.2. The van der Waals surface area contributed by atoms with Crippen molar-refractivity contribution < 1.29 is 0 Å². The van der Waals surface area contributed by atoms with E-state index in [-0.39, 0.29) is 0 Å². The Bertz CT molecular complexity index is 179. The van der Waals surface area contributed by atoms with Crippen molar-refractivity contribution in [1.29, 1.82) is 0 Å². The second-order valence-electron chi connectivity index (χ2n) is 5.22. The largest absolute Gasteiger partial charge is 0.329 e. The lowest BCUT2D eigenvalue weighted by molar-refractivity contribution is 0.227. The fourth-order valence-corrected chi connectivity index (χ4v) is 1.98. The molecule has 6 nitrogen and oxygen atoms in total.